The highest BCUT2D eigenvalue weighted by molar-refractivity contribution is 6.61. The van der Waals surface area contributed by atoms with Gasteiger partial charge in [0.2, 0.25) is 0 Å². The van der Waals surface area contributed by atoms with E-state index in [0.29, 0.717) is 6.61 Å². The van der Waals surface area contributed by atoms with E-state index in [1.54, 1.807) is 6.20 Å². The van der Waals surface area contributed by atoms with Gasteiger partial charge in [0, 0.05) is 0 Å². The summed E-state index contributed by atoms with van der Waals surface area (Å²) in [6.45, 7) is 10.7. The lowest BCUT2D eigenvalue weighted by atomic mass is 9.84. The average molecular weight is 249 g/mol. The maximum Gasteiger partial charge on any atom is 0.514 e. The van der Waals surface area contributed by atoms with E-state index in [1.165, 1.54) is 0 Å². The zero-order valence-electron chi connectivity index (χ0n) is 11.7. The van der Waals surface area contributed by atoms with Gasteiger partial charge in [-0.1, -0.05) is 0 Å². The van der Waals surface area contributed by atoms with Gasteiger partial charge >= 0.3 is 7.12 Å². The van der Waals surface area contributed by atoms with Gasteiger partial charge in [-0.2, -0.15) is 0 Å². The number of pyridine rings is 1. The molecule has 0 unspecified atom stereocenters. The molecule has 0 N–H and O–H groups in total. The van der Waals surface area contributed by atoms with Gasteiger partial charge in [0.25, 0.3) is 0 Å². The van der Waals surface area contributed by atoms with Crippen molar-refractivity contribution in [2.75, 3.05) is 6.61 Å². The summed E-state index contributed by atoms with van der Waals surface area (Å²) in [4.78, 5) is 4.34. The minimum absolute atomic E-state index is 0.335. The van der Waals surface area contributed by atoms with Crippen molar-refractivity contribution in [3.05, 3.63) is 18.3 Å². The lowest BCUT2D eigenvalue weighted by Crippen LogP contribution is -2.41. The second-order valence-corrected chi connectivity index (χ2v) is 5.44. The molecule has 0 radical (unpaired) electrons. The zero-order valence-corrected chi connectivity index (χ0v) is 11.7. The molecule has 0 atom stereocenters. The smallest absolute Gasteiger partial charge is 0.492 e. The Morgan fingerprint density at radius 1 is 1.17 bits per heavy atom. The fourth-order valence-corrected chi connectivity index (χ4v) is 1.75. The van der Waals surface area contributed by atoms with Gasteiger partial charge in [-0.15, -0.1) is 0 Å². The number of hydrogen-bond donors (Lipinski definition) is 0. The predicted molar refractivity (Wildman–Crippen MR) is 71.1 cm³/mol. The first-order chi connectivity index (χ1) is 8.36. The third-order valence-corrected chi connectivity index (χ3v) is 3.56. The summed E-state index contributed by atoms with van der Waals surface area (Å²) in [5.74, 6) is 0.762. The lowest BCUT2D eigenvalue weighted by molar-refractivity contribution is 0.00578. The van der Waals surface area contributed by atoms with Crippen molar-refractivity contribution < 1.29 is 14.0 Å². The fourth-order valence-electron chi connectivity index (χ4n) is 1.75. The van der Waals surface area contributed by atoms with E-state index in [4.69, 9.17) is 14.0 Å². The van der Waals surface area contributed by atoms with E-state index in [2.05, 4.69) is 4.98 Å². The van der Waals surface area contributed by atoms with Gasteiger partial charge in [0.15, 0.2) is 0 Å². The topological polar surface area (TPSA) is 40.6 Å². The summed E-state index contributed by atoms with van der Waals surface area (Å²) in [5.41, 5.74) is 0.104. The van der Waals surface area contributed by atoms with Crippen molar-refractivity contribution in [2.24, 2.45) is 0 Å². The van der Waals surface area contributed by atoms with Crippen molar-refractivity contribution in [1.29, 1.82) is 0 Å². The van der Waals surface area contributed by atoms with Crippen LogP contribution in [0.5, 0.6) is 5.75 Å². The van der Waals surface area contributed by atoms with Gasteiger partial charge in [-0.25, -0.2) is 0 Å². The third kappa shape index (κ3) is 2.38. The monoisotopic (exact) mass is 249 g/mol. The molecule has 0 bridgehead atoms. The average Bonchev–Trinajstić information content (AvgIpc) is 2.50. The number of rotatable bonds is 3. The van der Waals surface area contributed by atoms with E-state index < -0.39 is 7.12 Å². The second-order valence-electron chi connectivity index (χ2n) is 5.44. The molecule has 0 spiro atoms. The van der Waals surface area contributed by atoms with Crippen LogP contribution in [-0.2, 0) is 9.31 Å². The van der Waals surface area contributed by atoms with Crippen LogP contribution in [-0.4, -0.2) is 29.9 Å². The number of hydrogen-bond acceptors (Lipinski definition) is 4. The van der Waals surface area contributed by atoms with Crippen LogP contribution in [0.2, 0.25) is 0 Å². The summed E-state index contributed by atoms with van der Waals surface area (Å²) in [6, 6.07) is 3.77. The van der Waals surface area contributed by atoms with E-state index in [-0.39, 0.29) is 11.2 Å². The number of ether oxygens (including phenoxy) is 1. The van der Waals surface area contributed by atoms with Crippen LogP contribution < -0.4 is 10.3 Å². The Labute approximate surface area is 109 Å². The van der Waals surface area contributed by atoms with Gasteiger partial charge in [0.05, 0.1) is 29.6 Å². The van der Waals surface area contributed by atoms with Crippen LogP contribution in [0.1, 0.15) is 34.6 Å². The molecular formula is C13H20BNO3. The molecule has 98 valence electrons. The molecule has 4 nitrogen and oxygen atoms in total. The third-order valence-electron chi connectivity index (χ3n) is 3.56. The summed E-state index contributed by atoms with van der Waals surface area (Å²) >= 11 is 0. The standard InChI is InChI=1S/C13H20BNO3/c1-6-16-10-7-8-11(15-9-10)14-17-12(2,3)13(4,5)18-14/h7-9H,6H2,1-5H3. The van der Waals surface area contributed by atoms with Gasteiger partial charge in [-0.3, -0.25) is 4.98 Å². The molecule has 1 aliphatic heterocycles. The van der Waals surface area contributed by atoms with Gasteiger partial charge in [-0.05, 0) is 46.8 Å². The highest BCUT2D eigenvalue weighted by Crippen LogP contribution is 2.36. The largest absolute Gasteiger partial charge is 0.514 e. The van der Waals surface area contributed by atoms with Crippen LogP contribution in [0.4, 0.5) is 0 Å². The first-order valence-electron chi connectivity index (χ1n) is 6.30. The van der Waals surface area contributed by atoms with Crippen LogP contribution in [0, 0.1) is 0 Å². The molecule has 2 heterocycles. The molecule has 1 aromatic rings. The van der Waals surface area contributed by atoms with Crippen molar-refractivity contribution in [2.45, 2.75) is 45.8 Å². The SMILES string of the molecule is CCOc1ccc(B2OC(C)(C)C(C)(C)O2)nc1. The van der Waals surface area contributed by atoms with Crippen molar-refractivity contribution in [3.63, 3.8) is 0 Å². The summed E-state index contributed by atoms with van der Waals surface area (Å²) in [6.07, 6.45) is 1.70. The van der Waals surface area contributed by atoms with E-state index >= 15 is 0 Å². The van der Waals surface area contributed by atoms with E-state index in [9.17, 15) is 0 Å². The molecule has 1 saturated heterocycles. The van der Waals surface area contributed by atoms with Crippen LogP contribution >= 0.6 is 0 Å². The fraction of sp³-hybridized carbons (Fsp3) is 0.615. The predicted octanol–water partition coefficient (Wildman–Crippen LogP) is 1.78. The maximum absolute atomic E-state index is 5.92. The number of aromatic nitrogens is 1. The molecule has 0 aliphatic carbocycles. The first-order valence-corrected chi connectivity index (χ1v) is 6.30. The van der Waals surface area contributed by atoms with E-state index in [0.717, 1.165) is 11.3 Å². The lowest BCUT2D eigenvalue weighted by Gasteiger charge is -2.32. The summed E-state index contributed by atoms with van der Waals surface area (Å²) < 4.78 is 17.2. The van der Waals surface area contributed by atoms with Gasteiger partial charge < -0.3 is 14.0 Å². The minimum Gasteiger partial charge on any atom is -0.492 e. The Hall–Kier alpha value is -1.07. The highest BCUT2D eigenvalue weighted by atomic mass is 16.7. The molecule has 2 rings (SSSR count). The van der Waals surface area contributed by atoms with Crippen LogP contribution in [0.25, 0.3) is 0 Å². The van der Waals surface area contributed by atoms with Crippen LogP contribution in [0.3, 0.4) is 0 Å². The summed E-state index contributed by atoms with van der Waals surface area (Å²) in [5, 5.41) is 0. The summed E-state index contributed by atoms with van der Waals surface area (Å²) in [7, 11) is -0.411. The quantitative estimate of drug-likeness (QED) is 0.765. The Morgan fingerprint density at radius 3 is 2.22 bits per heavy atom. The number of nitrogens with zero attached hydrogens (tertiary/aromatic N) is 1. The Kier molecular flexibility index (Phi) is 3.38. The zero-order chi connectivity index (χ0) is 13.4. The Balaban J connectivity index is 2.14. The molecule has 18 heavy (non-hydrogen) atoms. The molecular weight excluding hydrogens is 229 g/mol. The normalized spacial score (nSPS) is 21.1. The minimum atomic E-state index is -0.411. The van der Waals surface area contributed by atoms with Crippen molar-refractivity contribution in [1.82, 2.24) is 4.98 Å². The molecule has 1 fully saturated rings. The Bertz CT molecular complexity index is 401. The van der Waals surface area contributed by atoms with E-state index in [1.807, 2.05) is 46.8 Å². The Morgan fingerprint density at radius 2 is 1.78 bits per heavy atom. The molecule has 1 aromatic heterocycles. The second kappa shape index (κ2) is 4.55. The molecule has 0 saturated carbocycles. The molecule has 5 heteroatoms. The highest BCUT2D eigenvalue weighted by Gasteiger charge is 2.52. The van der Waals surface area contributed by atoms with Crippen molar-refractivity contribution >= 4 is 12.7 Å². The molecule has 0 amide bonds. The molecule has 0 aromatic carbocycles. The van der Waals surface area contributed by atoms with Gasteiger partial charge in [0.1, 0.15) is 5.75 Å². The first kappa shape index (κ1) is 13.4. The molecule has 1 aliphatic rings. The van der Waals surface area contributed by atoms with Crippen molar-refractivity contribution in [3.8, 4) is 5.75 Å². The maximum atomic E-state index is 5.92. The van der Waals surface area contributed by atoms with Crippen LogP contribution in [0.15, 0.2) is 18.3 Å².